The van der Waals surface area contributed by atoms with Gasteiger partial charge in [0.1, 0.15) is 18.2 Å². The summed E-state index contributed by atoms with van der Waals surface area (Å²) in [5, 5.41) is 9.14. The van der Waals surface area contributed by atoms with Gasteiger partial charge in [-0.1, -0.05) is 0 Å². The Bertz CT molecular complexity index is 355. The SMILES string of the molecule is OCC1CCCN(CCOc2ccc(F)cc2)C1. The standard InChI is InChI=1S/C14H20FNO2/c15-13-3-5-14(6-4-13)18-9-8-16-7-1-2-12(10-16)11-17/h3-6,12,17H,1-2,7-11H2. The summed E-state index contributed by atoms with van der Waals surface area (Å²) in [5.41, 5.74) is 0. The Balaban J connectivity index is 1.70. The third-order valence-corrected chi connectivity index (χ3v) is 3.35. The van der Waals surface area contributed by atoms with Gasteiger partial charge in [-0.3, -0.25) is 4.90 Å². The first-order valence-electron chi connectivity index (χ1n) is 6.49. The van der Waals surface area contributed by atoms with Gasteiger partial charge in [-0.2, -0.15) is 0 Å². The predicted octanol–water partition coefficient (Wildman–Crippen LogP) is 1.91. The number of aliphatic hydroxyl groups excluding tert-OH is 1. The first-order chi connectivity index (χ1) is 8.78. The molecule has 1 heterocycles. The Hall–Kier alpha value is -1.13. The van der Waals surface area contributed by atoms with Crippen molar-refractivity contribution in [2.75, 3.05) is 32.8 Å². The molecule has 1 aliphatic rings. The molecule has 1 atom stereocenters. The van der Waals surface area contributed by atoms with E-state index in [-0.39, 0.29) is 12.4 Å². The Morgan fingerprint density at radius 3 is 2.83 bits per heavy atom. The Morgan fingerprint density at radius 1 is 1.33 bits per heavy atom. The van der Waals surface area contributed by atoms with E-state index < -0.39 is 0 Å². The lowest BCUT2D eigenvalue weighted by Crippen LogP contribution is -2.39. The molecule has 1 N–H and O–H groups in total. The van der Waals surface area contributed by atoms with Gasteiger partial charge >= 0.3 is 0 Å². The fourth-order valence-electron chi connectivity index (χ4n) is 2.33. The van der Waals surface area contributed by atoms with E-state index in [4.69, 9.17) is 9.84 Å². The minimum absolute atomic E-state index is 0.246. The summed E-state index contributed by atoms with van der Waals surface area (Å²) in [5.74, 6) is 0.862. The molecule has 0 spiro atoms. The first kappa shape index (κ1) is 13.3. The number of hydrogen-bond acceptors (Lipinski definition) is 3. The average Bonchev–Trinajstić information content (AvgIpc) is 2.41. The third-order valence-electron chi connectivity index (χ3n) is 3.35. The molecule has 0 aromatic heterocycles. The van der Waals surface area contributed by atoms with Crippen LogP contribution in [-0.2, 0) is 0 Å². The summed E-state index contributed by atoms with van der Waals surface area (Å²) < 4.78 is 18.3. The van der Waals surface area contributed by atoms with E-state index in [0.717, 1.165) is 32.5 Å². The Morgan fingerprint density at radius 2 is 2.11 bits per heavy atom. The molecule has 0 saturated carbocycles. The van der Waals surface area contributed by atoms with Crippen LogP contribution in [0.15, 0.2) is 24.3 Å². The highest BCUT2D eigenvalue weighted by atomic mass is 19.1. The Labute approximate surface area is 107 Å². The van der Waals surface area contributed by atoms with E-state index in [1.54, 1.807) is 12.1 Å². The maximum atomic E-state index is 12.7. The van der Waals surface area contributed by atoms with Crippen molar-refractivity contribution in [3.05, 3.63) is 30.1 Å². The van der Waals surface area contributed by atoms with Crippen LogP contribution in [0.25, 0.3) is 0 Å². The molecule has 1 aliphatic heterocycles. The second kappa shape index (κ2) is 6.71. The van der Waals surface area contributed by atoms with E-state index in [0.29, 0.717) is 18.3 Å². The molecule has 18 heavy (non-hydrogen) atoms. The molecular weight excluding hydrogens is 233 g/mol. The van der Waals surface area contributed by atoms with Crippen molar-refractivity contribution < 1.29 is 14.2 Å². The van der Waals surface area contributed by atoms with Gasteiger partial charge in [0.25, 0.3) is 0 Å². The average molecular weight is 253 g/mol. The molecule has 1 aromatic rings. The number of nitrogens with zero attached hydrogens (tertiary/aromatic N) is 1. The molecule has 0 radical (unpaired) electrons. The van der Waals surface area contributed by atoms with Gasteiger partial charge in [-0.05, 0) is 49.6 Å². The molecule has 0 amide bonds. The number of halogens is 1. The number of aliphatic hydroxyl groups is 1. The van der Waals surface area contributed by atoms with Gasteiger partial charge in [-0.25, -0.2) is 4.39 Å². The van der Waals surface area contributed by atoms with Crippen molar-refractivity contribution >= 4 is 0 Å². The van der Waals surface area contributed by atoms with Crippen LogP contribution >= 0.6 is 0 Å². The van der Waals surface area contributed by atoms with E-state index >= 15 is 0 Å². The van der Waals surface area contributed by atoms with Crippen molar-refractivity contribution in [2.24, 2.45) is 5.92 Å². The number of piperidine rings is 1. The summed E-state index contributed by atoms with van der Waals surface area (Å²) in [6.45, 7) is 3.75. The molecule has 3 nitrogen and oxygen atoms in total. The number of ether oxygens (including phenoxy) is 1. The second-order valence-electron chi connectivity index (χ2n) is 4.79. The van der Waals surface area contributed by atoms with Gasteiger partial charge < -0.3 is 9.84 Å². The van der Waals surface area contributed by atoms with Gasteiger partial charge in [0.05, 0.1) is 0 Å². The van der Waals surface area contributed by atoms with Crippen molar-refractivity contribution in [2.45, 2.75) is 12.8 Å². The molecule has 0 bridgehead atoms. The van der Waals surface area contributed by atoms with Crippen molar-refractivity contribution in [1.29, 1.82) is 0 Å². The lowest BCUT2D eigenvalue weighted by Gasteiger charge is -2.31. The molecule has 1 fully saturated rings. The van der Waals surface area contributed by atoms with Gasteiger partial charge in [0, 0.05) is 19.7 Å². The Kier molecular flexibility index (Phi) is 4.96. The van der Waals surface area contributed by atoms with Crippen molar-refractivity contribution in [3.8, 4) is 5.75 Å². The van der Waals surface area contributed by atoms with Crippen molar-refractivity contribution in [3.63, 3.8) is 0 Å². The maximum Gasteiger partial charge on any atom is 0.123 e. The van der Waals surface area contributed by atoms with Crippen LogP contribution in [0.4, 0.5) is 4.39 Å². The molecule has 1 unspecified atom stereocenters. The van der Waals surface area contributed by atoms with E-state index in [2.05, 4.69) is 4.90 Å². The molecule has 1 aromatic carbocycles. The summed E-state index contributed by atoms with van der Waals surface area (Å²) >= 11 is 0. The highest BCUT2D eigenvalue weighted by Crippen LogP contribution is 2.16. The normalized spacial score (nSPS) is 20.9. The smallest absolute Gasteiger partial charge is 0.123 e. The summed E-state index contributed by atoms with van der Waals surface area (Å²) in [4.78, 5) is 2.31. The molecule has 2 rings (SSSR count). The summed E-state index contributed by atoms with van der Waals surface area (Å²) in [6, 6.07) is 6.08. The van der Waals surface area contributed by atoms with Crippen LogP contribution < -0.4 is 4.74 Å². The van der Waals surface area contributed by atoms with E-state index in [9.17, 15) is 4.39 Å². The summed E-state index contributed by atoms with van der Waals surface area (Å²) in [7, 11) is 0. The zero-order valence-corrected chi connectivity index (χ0v) is 10.5. The highest BCUT2D eigenvalue weighted by molar-refractivity contribution is 5.21. The lowest BCUT2D eigenvalue weighted by atomic mass is 9.99. The number of likely N-dealkylation sites (tertiary alicyclic amines) is 1. The minimum Gasteiger partial charge on any atom is -0.492 e. The fraction of sp³-hybridized carbons (Fsp3) is 0.571. The summed E-state index contributed by atoms with van der Waals surface area (Å²) in [6.07, 6.45) is 2.26. The number of benzene rings is 1. The quantitative estimate of drug-likeness (QED) is 0.870. The second-order valence-corrected chi connectivity index (χ2v) is 4.79. The van der Waals surface area contributed by atoms with Crippen molar-refractivity contribution in [1.82, 2.24) is 4.90 Å². The van der Waals surface area contributed by atoms with E-state index in [1.807, 2.05) is 0 Å². The zero-order chi connectivity index (χ0) is 12.8. The van der Waals surface area contributed by atoms with Gasteiger partial charge in [-0.15, -0.1) is 0 Å². The molecular formula is C14H20FNO2. The predicted molar refractivity (Wildman–Crippen MR) is 68.1 cm³/mol. The first-order valence-corrected chi connectivity index (χ1v) is 6.49. The third kappa shape index (κ3) is 3.96. The lowest BCUT2D eigenvalue weighted by molar-refractivity contribution is 0.107. The maximum absolute atomic E-state index is 12.7. The van der Waals surface area contributed by atoms with Crippen LogP contribution in [0.3, 0.4) is 0 Å². The molecule has 4 heteroatoms. The minimum atomic E-state index is -0.246. The van der Waals surface area contributed by atoms with Crippen LogP contribution in [0.5, 0.6) is 5.75 Å². The molecule has 1 saturated heterocycles. The number of hydrogen-bond donors (Lipinski definition) is 1. The molecule has 0 aliphatic carbocycles. The van der Waals surface area contributed by atoms with E-state index in [1.165, 1.54) is 12.1 Å². The van der Waals surface area contributed by atoms with Crippen LogP contribution in [0, 0.1) is 11.7 Å². The van der Waals surface area contributed by atoms with Crippen LogP contribution in [0.2, 0.25) is 0 Å². The van der Waals surface area contributed by atoms with Crippen LogP contribution in [-0.4, -0.2) is 42.9 Å². The van der Waals surface area contributed by atoms with Gasteiger partial charge in [0.15, 0.2) is 0 Å². The highest BCUT2D eigenvalue weighted by Gasteiger charge is 2.18. The monoisotopic (exact) mass is 253 g/mol. The largest absolute Gasteiger partial charge is 0.492 e. The topological polar surface area (TPSA) is 32.7 Å². The van der Waals surface area contributed by atoms with Gasteiger partial charge in [0.2, 0.25) is 0 Å². The fourth-order valence-corrected chi connectivity index (χ4v) is 2.33. The molecule has 100 valence electrons. The van der Waals surface area contributed by atoms with Crippen LogP contribution in [0.1, 0.15) is 12.8 Å². The zero-order valence-electron chi connectivity index (χ0n) is 10.5. The number of rotatable bonds is 5.